The highest BCUT2D eigenvalue weighted by Gasteiger charge is 2.10. The fraction of sp³-hybridized carbons (Fsp3) is 0.333. The standard InChI is InChI=1S/C9H10N4O/c1-7(5-10)9(14)11-6-8-3-2-4-12-13-8/h2-4,7H,6H2,1H3,(H,11,14). The van der Waals surface area contributed by atoms with Crippen LogP contribution in [-0.2, 0) is 11.3 Å². The van der Waals surface area contributed by atoms with Crippen molar-refractivity contribution < 1.29 is 4.79 Å². The van der Waals surface area contributed by atoms with Gasteiger partial charge in [-0.05, 0) is 19.1 Å². The normalized spacial score (nSPS) is 11.4. The number of nitrogens with zero attached hydrogens (tertiary/aromatic N) is 3. The van der Waals surface area contributed by atoms with Crippen LogP contribution in [0.2, 0.25) is 0 Å². The molecule has 0 radical (unpaired) electrons. The third kappa shape index (κ3) is 2.83. The van der Waals surface area contributed by atoms with E-state index >= 15 is 0 Å². The number of nitrogens with one attached hydrogen (secondary N) is 1. The van der Waals surface area contributed by atoms with Crippen molar-refractivity contribution >= 4 is 5.91 Å². The molecule has 0 aliphatic carbocycles. The summed E-state index contributed by atoms with van der Waals surface area (Å²) in [5, 5.41) is 18.5. The molecule has 72 valence electrons. The highest BCUT2D eigenvalue weighted by atomic mass is 16.1. The monoisotopic (exact) mass is 190 g/mol. The summed E-state index contributed by atoms with van der Waals surface area (Å²) in [6, 6.07) is 5.35. The van der Waals surface area contributed by atoms with Gasteiger partial charge in [-0.25, -0.2) is 0 Å². The number of hydrogen-bond donors (Lipinski definition) is 1. The first-order chi connectivity index (χ1) is 6.74. The third-order valence-electron chi connectivity index (χ3n) is 1.66. The van der Waals surface area contributed by atoms with Crippen molar-refractivity contribution in [3.8, 4) is 6.07 Å². The minimum Gasteiger partial charge on any atom is -0.349 e. The lowest BCUT2D eigenvalue weighted by Crippen LogP contribution is -2.28. The van der Waals surface area contributed by atoms with Crippen molar-refractivity contribution in [1.29, 1.82) is 5.26 Å². The molecule has 0 aliphatic rings. The topological polar surface area (TPSA) is 78.7 Å². The first-order valence-electron chi connectivity index (χ1n) is 4.18. The fourth-order valence-corrected chi connectivity index (χ4v) is 0.817. The van der Waals surface area contributed by atoms with Crippen LogP contribution in [-0.4, -0.2) is 16.1 Å². The van der Waals surface area contributed by atoms with Gasteiger partial charge < -0.3 is 5.32 Å². The molecule has 1 atom stereocenters. The largest absolute Gasteiger partial charge is 0.349 e. The van der Waals surface area contributed by atoms with Crippen LogP contribution in [0, 0.1) is 17.2 Å². The van der Waals surface area contributed by atoms with Gasteiger partial charge in [-0.3, -0.25) is 4.79 Å². The van der Waals surface area contributed by atoms with Gasteiger partial charge in [0.15, 0.2) is 0 Å². The Morgan fingerprint density at radius 2 is 2.57 bits per heavy atom. The average molecular weight is 190 g/mol. The molecular formula is C9H10N4O. The van der Waals surface area contributed by atoms with Crippen molar-refractivity contribution in [2.75, 3.05) is 0 Å². The number of carbonyl (C=O) groups excluding carboxylic acids is 1. The van der Waals surface area contributed by atoms with Gasteiger partial charge in [0.05, 0.1) is 18.3 Å². The van der Waals surface area contributed by atoms with Crippen LogP contribution in [0.4, 0.5) is 0 Å². The molecule has 1 unspecified atom stereocenters. The van der Waals surface area contributed by atoms with E-state index in [0.29, 0.717) is 12.2 Å². The summed E-state index contributed by atoms with van der Waals surface area (Å²) in [7, 11) is 0. The Balaban J connectivity index is 2.43. The van der Waals surface area contributed by atoms with E-state index in [2.05, 4.69) is 15.5 Å². The van der Waals surface area contributed by atoms with E-state index in [4.69, 9.17) is 5.26 Å². The van der Waals surface area contributed by atoms with Gasteiger partial charge in [0.2, 0.25) is 5.91 Å². The molecule has 1 aromatic heterocycles. The van der Waals surface area contributed by atoms with E-state index < -0.39 is 5.92 Å². The first-order valence-corrected chi connectivity index (χ1v) is 4.18. The third-order valence-corrected chi connectivity index (χ3v) is 1.66. The predicted molar refractivity (Wildman–Crippen MR) is 48.7 cm³/mol. The van der Waals surface area contributed by atoms with Crippen molar-refractivity contribution in [3.63, 3.8) is 0 Å². The van der Waals surface area contributed by atoms with E-state index in [1.54, 1.807) is 25.3 Å². The van der Waals surface area contributed by atoms with Crippen LogP contribution in [0.15, 0.2) is 18.3 Å². The minimum atomic E-state index is -0.633. The van der Waals surface area contributed by atoms with Crippen LogP contribution in [0.3, 0.4) is 0 Å². The second kappa shape index (κ2) is 4.92. The summed E-state index contributed by atoms with van der Waals surface area (Å²) < 4.78 is 0. The summed E-state index contributed by atoms with van der Waals surface area (Å²) in [5.41, 5.74) is 0.672. The molecule has 14 heavy (non-hydrogen) atoms. The zero-order valence-corrected chi connectivity index (χ0v) is 7.77. The fourth-order valence-electron chi connectivity index (χ4n) is 0.817. The quantitative estimate of drug-likeness (QED) is 0.741. The minimum absolute atomic E-state index is 0.293. The van der Waals surface area contributed by atoms with E-state index in [0.717, 1.165) is 0 Å². The SMILES string of the molecule is CC(C#N)C(=O)NCc1cccnn1. The second-order valence-corrected chi connectivity index (χ2v) is 2.78. The molecule has 1 heterocycles. The number of nitriles is 1. The van der Waals surface area contributed by atoms with Crippen molar-refractivity contribution in [1.82, 2.24) is 15.5 Å². The van der Waals surface area contributed by atoms with E-state index in [-0.39, 0.29) is 5.91 Å². The van der Waals surface area contributed by atoms with Crippen LogP contribution in [0.5, 0.6) is 0 Å². The summed E-state index contributed by atoms with van der Waals surface area (Å²) >= 11 is 0. The Labute approximate surface area is 81.8 Å². The molecule has 1 rings (SSSR count). The molecule has 0 aliphatic heterocycles. The van der Waals surface area contributed by atoms with Crippen molar-refractivity contribution in [2.45, 2.75) is 13.5 Å². The summed E-state index contributed by atoms with van der Waals surface area (Å²) in [6.45, 7) is 1.85. The first kappa shape index (κ1) is 10.1. The Hall–Kier alpha value is -1.96. The molecule has 0 spiro atoms. The molecule has 0 bridgehead atoms. The maximum Gasteiger partial charge on any atom is 0.237 e. The van der Waals surface area contributed by atoms with Gasteiger partial charge in [-0.1, -0.05) is 0 Å². The highest BCUT2D eigenvalue weighted by molar-refractivity contribution is 5.80. The molecule has 5 heteroatoms. The van der Waals surface area contributed by atoms with Gasteiger partial charge in [0.25, 0.3) is 0 Å². The Kier molecular flexibility index (Phi) is 3.56. The molecule has 0 saturated heterocycles. The van der Waals surface area contributed by atoms with Crippen molar-refractivity contribution in [3.05, 3.63) is 24.0 Å². The maximum absolute atomic E-state index is 11.2. The number of carbonyl (C=O) groups is 1. The average Bonchev–Trinajstić information content (AvgIpc) is 2.26. The lowest BCUT2D eigenvalue weighted by molar-refractivity contribution is -0.123. The smallest absolute Gasteiger partial charge is 0.237 e. The second-order valence-electron chi connectivity index (χ2n) is 2.78. The zero-order chi connectivity index (χ0) is 10.4. The highest BCUT2D eigenvalue weighted by Crippen LogP contribution is 1.94. The zero-order valence-electron chi connectivity index (χ0n) is 7.77. The molecule has 1 amide bonds. The van der Waals surface area contributed by atoms with Gasteiger partial charge in [0, 0.05) is 6.20 Å². The molecule has 1 aromatic rings. The van der Waals surface area contributed by atoms with Crippen LogP contribution >= 0.6 is 0 Å². The van der Waals surface area contributed by atoms with E-state index in [9.17, 15) is 4.79 Å². The molecule has 0 fully saturated rings. The predicted octanol–water partition coefficient (Wildman–Crippen LogP) is 0.252. The van der Waals surface area contributed by atoms with Gasteiger partial charge in [-0.2, -0.15) is 15.5 Å². The van der Waals surface area contributed by atoms with E-state index in [1.165, 1.54) is 0 Å². The van der Waals surface area contributed by atoms with Crippen LogP contribution in [0.1, 0.15) is 12.6 Å². The number of rotatable bonds is 3. The van der Waals surface area contributed by atoms with Crippen LogP contribution < -0.4 is 5.32 Å². The summed E-state index contributed by atoms with van der Waals surface area (Å²) in [5.74, 6) is -0.926. The maximum atomic E-state index is 11.2. The van der Waals surface area contributed by atoms with Gasteiger partial charge in [-0.15, -0.1) is 0 Å². The van der Waals surface area contributed by atoms with Gasteiger partial charge >= 0.3 is 0 Å². The molecule has 1 N–H and O–H groups in total. The molecule has 0 aromatic carbocycles. The number of aromatic nitrogens is 2. The van der Waals surface area contributed by atoms with Gasteiger partial charge in [0.1, 0.15) is 5.92 Å². The Bertz CT molecular complexity index is 344. The van der Waals surface area contributed by atoms with Crippen molar-refractivity contribution in [2.24, 2.45) is 5.92 Å². The van der Waals surface area contributed by atoms with E-state index in [1.807, 2.05) is 6.07 Å². The molecule has 0 saturated carbocycles. The van der Waals surface area contributed by atoms with Crippen LogP contribution in [0.25, 0.3) is 0 Å². The summed E-state index contributed by atoms with van der Waals surface area (Å²) in [4.78, 5) is 11.2. The molecular weight excluding hydrogens is 180 g/mol. The Morgan fingerprint density at radius 3 is 3.14 bits per heavy atom. The number of amides is 1. The lowest BCUT2D eigenvalue weighted by atomic mass is 10.2. The summed E-state index contributed by atoms with van der Waals surface area (Å²) in [6.07, 6.45) is 1.56. The lowest BCUT2D eigenvalue weighted by Gasteiger charge is -2.04. The Morgan fingerprint density at radius 1 is 1.79 bits per heavy atom. The molecule has 5 nitrogen and oxygen atoms in total. The number of hydrogen-bond acceptors (Lipinski definition) is 4.